The maximum atomic E-state index is 13.2. The average Bonchev–Trinajstić information content (AvgIpc) is 2.82. The highest BCUT2D eigenvalue weighted by molar-refractivity contribution is 5.54. The molecule has 3 aromatic rings. The number of alkyl halides is 3. The van der Waals surface area contributed by atoms with E-state index in [0.29, 0.717) is 35.0 Å². The molecule has 0 aliphatic heterocycles. The van der Waals surface area contributed by atoms with Crippen molar-refractivity contribution in [1.29, 1.82) is 0 Å². The summed E-state index contributed by atoms with van der Waals surface area (Å²) in [4.78, 5) is 0. The lowest BCUT2D eigenvalue weighted by atomic mass is 9.95. The maximum Gasteiger partial charge on any atom is 0.416 e. The molecule has 0 saturated carbocycles. The second kappa shape index (κ2) is 10.9. The number of nitrogens with two attached hydrogens (primary N) is 2. The van der Waals surface area contributed by atoms with Gasteiger partial charge in [0, 0.05) is 22.6 Å². The lowest BCUT2D eigenvalue weighted by molar-refractivity contribution is -0.137. The van der Waals surface area contributed by atoms with Gasteiger partial charge < -0.3 is 21.5 Å². The van der Waals surface area contributed by atoms with E-state index in [0.717, 1.165) is 23.3 Å². The van der Waals surface area contributed by atoms with Gasteiger partial charge in [-0.05, 0) is 61.4 Å². The molecule has 5 N–H and O–H groups in total. The van der Waals surface area contributed by atoms with Gasteiger partial charge in [-0.15, -0.1) is 0 Å². The number of ether oxygens (including phenoxy) is 1. The van der Waals surface area contributed by atoms with Crippen LogP contribution in [0.1, 0.15) is 36.6 Å². The van der Waals surface area contributed by atoms with E-state index in [1.807, 2.05) is 49.4 Å². The number of hydrogen-bond donors (Lipinski definition) is 3. The number of benzene rings is 3. The summed E-state index contributed by atoms with van der Waals surface area (Å²) in [6.07, 6.45) is -2.64. The molecular formula is C27H28F3N3O. The van der Waals surface area contributed by atoms with Crippen LogP contribution < -0.4 is 16.8 Å². The highest BCUT2D eigenvalue weighted by Crippen LogP contribution is 2.33. The van der Waals surface area contributed by atoms with Gasteiger partial charge in [0.1, 0.15) is 12.4 Å². The van der Waals surface area contributed by atoms with Crippen molar-refractivity contribution in [3.05, 3.63) is 119 Å². The Hall–Kier alpha value is -3.71. The molecule has 0 unspecified atom stereocenters. The molecule has 0 aliphatic rings. The average molecular weight is 468 g/mol. The topological polar surface area (TPSA) is 73.3 Å². The van der Waals surface area contributed by atoms with Crippen molar-refractivity contribution in [2.45, 2.75) is 32.7 Å². The Kier molecular flexibility index (Phi) is 8.02. The van der Waals surface area contributed by atoms with Crippen LogP contribution in [0.4, 0.5) is 24.5 Å². The predicted molar refractivity (Wildman–Crippen MR) is 131 cm³/mol. The minimum absolute atomic E-state index is 0.299. The number of hydrogen-bond acceptors (Lipinski definition) is 4. The Morgan fingerprint density at radius 1 is 1.00 bits per heavy atom. The Labute approximate surface area is 197 Å². The van der Waals surface area contributed by atoms with Crippen molar-refractivity contribution in [2.24, 2.45) is 5.73 Å². The van der Waals surface area contributed by atoms with E-state index in [-0.39, 0.29) is 0 Å². The van der Waals surface area contributed by atoms with Gasteiger partial charge >= 0.3 is 6.18 Å². The molecule has 0 aromatic heterocycles. The summed E-state index contributed by atoms with van der Waals surface area (Å²) in [6, 6.07) is 21.2. The van der Waals surface area contributed by atoms with E-state index in [2.05, 4.69) is 5.32 Å². The summed E-state index contributed by atoms with van der Waals surface area (Å²) >= 11 is 0. The Morgan fingerprint density at radius 2 is 1.68 bits per heavy atom. The summed E-state index contributed by atoms with van der Waals surface area (Å²) in [6.45, 7) is 3.91. The van der Waals surface area contributed by atoms with Crippen LogP contribution >= 0.6 is 0 Å². The first-order chi connectivity index (χ1) is 16.2. The van der Waals surface area contributed by atoms with Gasteiger partial charge in [0.15, 0.2) is 0 Å². The van der Waals surface area contributed by atoms with E-state index in [4.69, 9.17) is 16.2 Å². The molecule has 0 saturated heterocycles. The standard InChI is InChI=1S/C27H28F3N3O/c1-3-24(34-17-19-8-5-4-6-9-19)25(26(32)20-12-14-22(31)15-13-20)18(2)33-23-11-7-10-21(16-23)27(28,29)30/h3-16,26,33H,17,31-32H2,1-2H3/b24-3+,25-18-/t26-/m1/s1. The molecule has 0 amide bonds. The highest BCUT2D eigenvalue weighted by atomic mass is 19.4. The fraction of sp³-hybridized carbons (Fsp3) is 0.185. The minimum Gasteiger partial charge on any atom is -0.489 e. The molecule has 3 rings (SSSR count). The van der Waals surface area contributed by atoms with Crippen molar-refractivity contribution in [3.8, 4) is 0 Å². The van der Waals surface area contributed by atoms with Crippen molar-refractivity contribution < 1.29 is 17.9 Å². The van der Waals surface area contributed by atoms with Gasteiger partial charge in [-0.1, -0.05) is 48.5 Å². The van der Waals surface area contributed by atoms with Gasteiger partial charge in [-0.2, -0.15) is 13.2 Å². The summed E-state index contributed by atoms with van der Waals surface area (Å²) < 4.78 is 45.7. The first-order valence-corrected chi connectivity index (χ1v) is 10.8. The van der Waals surface area contributed by atoms with Crippen molar-refractivity contribution >= 4 is 11.4 Å². The molecule has 1 atom stereocenters. The lowest BCUT2D eigenvalue weighted by Gasteiger charge is -2.24. The Bertz CT molecular complexity index is 1150. The molecular weight excluding hydrogens is 439 g/mol. The summed E-state index contributed by atoms with van der Waals surface area (Å²) in [5.74, 6) is 0.533. The second-order valence-corrected chi connectivity index (χ2v) is 7.81. The van der Waals surface area contributed by atoms with Crippen LogP contribution in [0.5, 0.6) is 0 Å². The second-order valence-electron chi connectivity index (χ2n) is 7.81. The number of anilines is 2. The summed E-state index contributed by atoms with van der Waals surface area (Å²) in [5.41, 5.74) is 15.6. The molecule has 0 spiro atoms. The van der Waals surface area contributed by atoms with Crippen LogP contribution in [-0.2, 0) is 17.5 Å². The zero-order chi connectivity index (χ0) is 24.7. The van der Waals surface area contributed by atoms with Crippen LogP contribution in [0.3, 0.4) is 0 Å². The summed E-state index contributed by atoms with van der Waals surface area (Å²) in [5, 5.41) is 3.08. The number of halogens is 3. The highest BCUT2D eigenvalue weighted by Gasteiger charge is 2.30. The molecule has 0 radical (unpaired) electrons. The largest absolute Gasteiger partial charge is 0.489 e. The molecule has 7 heteroatoms. The number of allylic oxidation sites excluding steroid dienone is 2. The zero-order valence-corrected chi connectivity index (χ0v) is 19.1. The molecule has 4 nitrogen and oxygen atoms in total. The first-order valence-electron chi connectivity index (χ1n) is 10.8. The SMILES string of the molecule is C/C=C(OCc1ccccc1)\C(=C(/C)Nc1cccc(C(F)(F)F)c1)[C@H](N)c1ccc(N)cc1. The molecule has 34 heavy (non-hydrogen) atoms. The van der Waals surface area contributed by atoms with E-state index < -0.39 is 17.8 Å². The molecule has 0 heterocycles. The van der Waals surface area contributed by atoms with Crippen LogP contribution in [0.25, 0.3) is 0 Å². The molecule has 3 aromatic carbocycles. The Morgan fingerprint density at radius 3 is 2.29 bits per heavy atom. The molecule has 0 aliphatic carbocycles. The van der Waals surface area contributed by atoms with Crippen molar-refractivity contribution in [2.75, 3.05) is 11.1 Å². The molecule has 178 valence electrons. The molecule has 0 bridgehead atoms. The van der Waals surface area contributed by atoms with Crippen LogP contribution in [0.2, 0.25) is 0 Å². The van der Waals surface area contributed by atoms with Crippen molar-refractivity contribution in [3.63, 3.8) is 0 Å². The van der Waals surface area contributed by atoms with E-state index in [1.54, 1.807) is 31.2 Å². The molecule has 0 fully saturated rings. The third-order valence-corrected chi connectivity index (χ3v) is 5.30. The minimum atomic E-state index is -4.44. The van der Waals surface area contributed by atoms with Gasteiger partial charge in [0.2, 0.25) is 0 Å². The monoisotopic (exact) mass is 467 g/mol. The Balaban J connectivity index is 1.98. The van der Waals surface area contributed by atoms with Crippen molar-refractivity contribution in [1.82, 2.24) is 0 Å². The van der Waals surface area contributed by atoms with Gasteiger partial charge in [0.25, 0.3) is 0 Å². The quantitative estimate of drug-likeness (QED) is 0.194. The van der Waals surface area contributed by atoms with E-state index in [9.17, 15) is 13.2 Å². The maximum absolute atomic E-state index is 13.2. The fourth-order valence-electron chi connectivity index (χ4n) is 3.55. The number of nitrogen functional groups attached to an aromatic ring is 1. The third kappa shape index (κ3) is 6.42. The smallest absolute Gasteiger partial charge is 0.416 e. The normalized spacial score (nSPS) is 13.8. The zero-order valence-electron chi connectivity index (χ0n) is 19.1. The first kappa shape index (κ1) is 24.9. The fourth-order valence-corrected chi connectivity index (χ4v) is 3.55. The van der Waals surface area contributed by atoms with Gasteiger partial charge in [0.05, 0.1) is 11.6 Å². The van der Waals surface area contributed by atoms with Crippen LogP contribution in [0.15, 0.2) is 102 Å². The summed E-state index contributed by atoms with van der Waals surface area (Å²) in [7, 11) is 0. The predicted octanol–water partition coefficient (Wildman–Crippen LogP) is 6.79. The van der Waals surface area contributed by atoms with Crippen LogP contribution in [-0.4, -0.2) is 0 Å². The van der Waals surface area contributed by atoms with Gasteiger partial charge in [-0.25, -0.2) is 0 Å². The number of rotatable bonds is 8. The third-order valence-electron chi connectivity index (χ3n) is 5.30. The van der Waals surface area contributed by atoms with E-state index in [1.165, 1.54) is 6.07 Å². The lowest BCUT2D eigenvalue weighted by Crippen LogP contribution is -2.19. The van der Waals surface area contributed by atoms with E-state index >= 15 is 0 Å². The van der Waals surface area contributed by atoms with Crippen LogP contribution in [0, 0.1) is 0 Å². The number of nitrogens with one attached hydrogen (secondary N) is 1. The van der Waals surface area contributed by atoms with Gasteiger partial charge in [-0.3, -0.25) is 0 Å².